The number of carbonyl (C=O) groups is 2. The highest BCUT2D eigenvalue weighted by Crippen LogP contribution is 2.46. The summed E-state index contributed by atoms with van der Waals surface area (Å²) in [5.41, 5.74) is -0.355. The Bertz CT molecular complexity index is 1000. The molecule has 0 spiro atoms. The topological polar surface area (TPSA) is 46.6 Å². The van der Waals surface area contributed by atoms with Crippen LogP contribution < -0.4 is 9.64 Å². The van der Waals surface area contributed by atoms with Crippen LogP contribution in [-0.4, -0.2) is 36.4 Å². The minimum absolute atomic E-state index is 0.0734. The second-order valence-corrected chi connectivity index (χ2v) is 6.19. The number of rotatable bonds is 5. The predicted molar refractivity (Wildman–Crippen MR) is 85.4 cm³/mol. The summed E-state index contributed by atoms with van der Waals surface area (Å²) in [5, 5.41) is 0. The molecule has 2 amide bonds. The van der Waals surface area contributed by atoms with Gasteiger partial charge in [0.2, 0.25) is 0 Å². The van der Waals surface area contributed by atoms with Crippen LogP contribution in [0.2, 0.25) is 0 Å². The first kappa shape index (κ1) is 21.5. The summed E-state index contributed by atoms with van der Waals surface area (Å²) in [4.78, 5) is 25.3. The van der Waals surface area contributed by atoms with Crippen molar-refractivity contribution in [1.82, 2.24) is 0 Å². The van der Waals surface area contributed by atoms with Crippen molar-refractivity contribution in [1.29, 1.82) is 0 Å². The van der Waals surface area contributed by atoms with Gasteiger partial charge in [-0.3, -0.25) is 9.59 Å². The standard InChI is InChI=1S/C18H9F8NO3/c19-9-1-6-12-13(7-9)15(29)27(14(12)28)10-2-4-11(5-3-10)30-8-16(20,21)17(22,23)18(24,25)26/h1-7H,8H2. The Morgan fingerprint density at radius 1 is 0.800 bits per heavy atom. The van der Waals surface area contributed by atoms with Crippen molar-refractivity contribution in [2.75, 3.05) is 11.5 Å². The summed E-state index contributed by atoms with van der Waals surface area (Å²) in [6, 6.07) is 6.76. The number of hydrogen-bond donors (Lipinski definition) is 0. The van der Waals surface area contributed by atoms with Crippen LogP contribution >= 0.6 is 0 Å². The van der Waals surface area contributed by atoms with E-state index in [1.807, 2.05) is 0 Å². The van der Waals surface area contributed by atoms with Gasteiger partial charge in [0.05, 0.1) is 16.8 Å². The maximum Gasteiger partial charge on any atom is 0.460 e. The molecule has 1 aliphatic rings. The van der Waals surface area contributed by atoms with Crippen molar-refractivity contribution in [3.63, 3.8) is 0 Å². The van der Waals surface area contributed by atoms with Crippen LogP contribution in [0.15, 0.2) is 42.5 Å². The normalized spacial score (nSPS) is 14.9. The van der Waals surface area contributed by atoms with Gasteiger partial charge in [-0.1, -0.05) is 0 Å². The average Bonchev–Trinajstić information content (AvgIpc) is 2.89. The zero-order valence-corrected chi connectivity index (χ0v) is 14.4. The first-order valence-corrected chi connectivity index (χ1v) is 8.00. The molecule has 0 saturated heterocycles. The quantitative estimate of drug-likeness (QED) is 0.495. The minimum Gasteiger partial charge on any atom is -0.487 e. The first-order valence-electron chi connectivity index (χ1n) is 8.00. The highest BCUT2D eigenvalue weighted by Gasteiger charge is 2.73. The van der Waals surface area contributed by atoms with Gasteiger partial charge in [-0.25, -0.2) is 9.29 Å². The third kappa shape index (κ3) is 3.46. The smallest absolute Gasteiger partial charge is 0.460 e. The Morgan fingerprint density at radius 3 is 1.93 bits per heavy atom. The fourth-order valence-corrected chi connectivity index (χ4v) is 2.61. The fourth-order valence-electron chi connectivity index (χ4n) is 2.61. The summed E-state index contributed by atoms with van der Waals surface area (Å²) in [6.45, 7) is -2.27. The molecule has 4 nitrogen and oxygen atoms in total. The van der Waals surface area contributed by atoms with Crippen LogP contribution in [0.1, 0.15) is 20.7 Å². The second kappa shape index (κ2) is 6.96. The number of halogens is 8. The van der Waals surface area contributed by atoms with Crippen molar-refractivity contribution < 1.29 is 49.4 Å². The molecule has 0 unspecified atom stereocenters. The highest BCUT2D eigenvalue weighted by atomic mass is 19.4. The summed E-state index contributed by atoms with van der Waals surface area (Å²) in [7, 11) is 0. The van der Waals surface area contributed by atoms with Gasteiger partial charge in [-0.15, -0.1) is 0 Å². The van der Waals surface area contributed by atoms with E-state index in [1.165, 1.54) is 0 Å². The molecule has 1 heterocycles. The van der Waals surface area contributed by atoms with Crippen LogP contribution in [0.3, 0.4) is 0 Å². The maximum atomic E-state index is 13.3. The van der Waals surface area contributed by atoms with Crippen LogP contribution in [0.5, 0.6) is 5.75 Å². The third-order valence-corrected chi connectivity index (χ3v) is 4.18. The molecule has 30 heavy (non-hydrogen) atoms. The number of anilines is 1. The number of alkyl halides is 7. The Morgan fingerprint density at radius 2 is 1.37 bits per heavy atom. The van der Waals surface area contributed by atoms with Gasteiger partial charge in [0.15, 0.2) is 6.61 Å². The lowest BCUT2D eigenvalue weighted by Gasteiger charge is -2.28. The van der Waals surface area contributed by atoms with Gasteiger partial charge in [0.1, 0.15) is 11.6 Å². The van der Waals surface area contributed by atoms with E-state index in [1.54, 1.807) is 0 Å². The predicted octanol–water partition coefficient (Wildman–Crippen LogP) is 4.84. The molecule has 1 aliphatic heterocycles. The summed E-state index contributed by atoms with van der Waals surface area (Å²) in [5.74, 6) is -14.8. The van der Waals surface area contributed by atoms with Crippen LogP contribution in [-0.2, 0) is 0 Å². The fraction of sp³-hybridized carbons (Fsp3) is 0.222. The van der Waals surface area contributed by atoms with Crippen molar-refractivity contribution in [2.24, 2.45) is 0 Å². The van der Waals surface area contributed by atoms with Crippen molar-refractivity contribution in [3.05, 3.63) is 59.4 Å². The van der Waals surface area contributed by atoms with Gasteiger partial charge in [0.25, 0.3) is 11.8 Å². The van der Waals surface area contributed by atoms with Crippen LogP contribution in [0, 0.1) is 5.82 Å². The summed E-state index contributed by atoms with van der Waals surface area (Å²) in [6.07, 6.45) is -6.48. The molecule has 0 saturated carbocycles. The molecule has 2 aromatic rings. The molecule has 2 aromatic carbocycles. The molecule has 0 radical (unpaired) electrons. The molecule has 0 aromatic heterocycles. The second-order valence-electron chi connectivity index (χ2n) is 6.19. The van der Waals surface area contributed by atoms with Crippen molar-refractivity contribution >= 4 is 17.5 Å². The molecular formula is C18H9F8NO3. The van der Waals surface area contributed by atoms with Gasteiger partial charge in [-0.05, 0) is 42.5 Å². The lowest BCUT2D eigenvalue weighted by Crippen LogP contribution is -2.54. The molecule has 12 heteroatoms. The van der Waals surface area contributed by atoms with Crippen molar-refractivity contribution in [3.8, 4) is 5.75 Å². The average molecular weight is 439 g/mol. The molecule has 0 bridgehead atoms. The minimum atomic E-state index is -6.48. The van der Waals surface area contributed by atoms with Crippen molar-refractivity contribution in [2.45, 2.75) is 18.0 Å². The van der Waals surface area contributed by atoms with Gasteiger partial charge in [0, 0.05) is 0 Å². The molecule has 0 N–H and O–H groups in total. The molecule has 0 atom stereocenters. The number of benzene rings is 2. The lowest BCUT2D eigenvalue weighted by atomic mass is 10.1. The third-order valence-electron chi connectivity index (χ3n) is 4.18. The maximum absolute atomic E-state index is 13.3. The number of imide groups is 1. The Kier molecular flexibility index (Phi) is 4.99. The largest absolute Gasteiger partial charge is 0.487 e. The number of carbonyl (C=O) groups excluding carboxylic acids is 2. The van der Waals surface area contributed by atoms with Crippen LogP contribution in [0.25, 0.3) is 0 Å². The van der Waals surface area contributed by atoms with E-state index >= 15 is 0 Å². The molecular weight excluding hydrogens is 430 g/mol. The van der Waals surface area contributed by atoms with E-state index < -0.39 is 48.0 Å². The number of ether oxygens (including phenoxy) is 1. The SMILES string of the molecule is O=C1c2ccc(F)cc2C(=O)N1c1ccc(OCC(F)(F)C(F)(F)C(F)(F)F)cc1. The number of nitrogens with zero attached hydrogens (tertiary/aromatic N) is 1. The Hall–Kier alpha value is -3.18. The summed E-state index contributed by atoms with van der Waals surface area (Å²) < 4.78 is 106. The van der Waals surface area contributed by atoms with E-state index in [0.29, 0.717) is 4.90 Å². The molecule has 3 rings (SSSR count). The molecule has 160 valence electrons. The van der Waals surface area contributed by atoms with E-state index in [4.69, 9.17) is 0 Å². The van der Waals surface area contributed by atoms with Crippen LogP contribution in [0.4, 0.5) is 40.8 Å². The van der Waals surface area contributed by atoms with Gasteiger partial charge >= 0.3 is 18.0 Å². The number of amides is 2. The number of hydrogen-bond acceptors (Lipinski definition) is 3. The molecule has 0 aliphatic carbocycles. The van der Waals surface area contributed by atoms with Gasteiger partial charge in [-0.2, -0.15) is 30.7 Å². The zero-order valence-electron chi connectivity index (χ0n) is 14.4. The van der Waals surface area contributed by atoms with E-state index in [0.717, 1.165) is 42.5 Å². The van der Waals surface area contributed by atoms with E-state index in [2.05, 4.69) is 4.74 Å². The highest BCUT2D eigenvalue weighted by molar-refractivity contribution is 6.34. The van der Waals surface area contributed by atoms with Gasteiger partial charge < -0.3 is 4.74 Å². The first-order chi connectivity index (χ1) is 13.8. The van der Waals surface area contributed by atoms with E-state index in [9.17, 15) is 44.7 Å². The lowest BCUT2D eigenvalue weighted by molar-refractivity contribution is -0.358. The zero-order chi connectivity index (χ0) is 22.5. The Labute approximate surface area is 162 Å². The number of fused-ring (bicyclic) bond motifs is 1. The Balaban J connectivity index is 1.75. The monoisotopic (exact) mass is 439 g/mol. The van der Waals surface area contributed by atoms with E-state index in [-0.39, 0.29) is 16.8 Å². The summed E-state index contributed by atoms with van der Waals surface area (Å²) >= 11 is 0. The molecule has 0 fully saturated rings.